The van der Waals surface area contributed by atoms with Crippen molar-refractivity contribution in [1.82, 2.24) is 0 Å². The van der Waals surface area contributed by atoms with Crippen molar-refractivity contribution in [2.45, 2.75) is 0 Å². The van der Waals surface area contributed by atoms with Gasteiger partial charge in [-0.2, -0.15) is 0 Å². The van der Waals surface area contributed by atoms with E-state index in [1.807, 2.05) is 49.5 Å². The lowest BCUT2D eigenvalue weighted by Gasteiger charge is -2.21. The Hall–Kier alpha value is -2.36. The van der Waals surface area contributed by atoms with E-state index in [4.69, 9.17) is 14.2 Å². The highest BCUT2D eigenvalue weighted by Gasteiger charge is 2.09. The predicted octanol–water partition coefficient (Wildman–Crippen LogP) is 3.48. The molecule has 0 spiro atoms. The largest absolute Gasteiger partial charge is 0.497 e. The standard InChI is InChI=1S/C16H19NO3/c1-17(12-5-8-14(18-2)9-6-12)13-7-10-15(19-3)16(11-13)20-4/h5-11H,1-4H3. The molecule has 0 amide bonds. The Kier molecular flexibility index (Phi) is 4.35. The van der Waals surface area contributed by atoms with Crippen molar-refractivity contribution < 1.29 is 14.2 Å². The average Bonchev–Trinajstić information content (AvgIpc) is 2.53. The van der Waals surface area contributed by atoms with Gasteiger partial charge in [-0.3, -0.25) is 0 Å². The number of benzene rings is 2. The molecule has 0 fully saturated rings. The Morgan fingerprint density at radius 3 is 1.85 bits per heavy atom. The molecule has 0 radical (unpaired) electrons. The minimum Gasteiger partial charge on any atom is -0.497 e. The van der Waals surface area contributed by atoms with Crippen LogP contribution in [0.25, 0.3) is 0 Å². The number of hydrogen-bond acceptors (Lipinski definition) is 4. The number of anilines is 2. The predicted molar refractivity (Wildman–Crippen MR) is 80.6 cm³/mol. The fraction of sp³-hybridized carbons (Fsp3) is 0.250. The Bertz CT molecular complexity index is 566. The molecule has 0 heterocycles. The molecule has 0 atom stereocenters. The van der Waals surface area contributed by atoms with Gasteiger partial charge in [0.1, 0.15) is 5.75 Å². The normalized spacial score (nSPS) is 10.0. The molecular weight excluding hydrogens is 254 g/mol. The summed E-state index contributed by atoms with van der Waals surface area (Å²) in [5.74, 6) is 2.28. The molecule has 0 aliphatic heterocycles. The summed E-state index contributed by atoms with van der Waals surface area (Å²) in [6.07, 6.45) is 0. The summed E-state index contributed by atoms with van der Waals surface area (Å²) in [6, 6.07) is 13.7. The Morgan fingerprint density at radius 1 is 0.700 bits per heavy atom. The van der Waals surface area contributed by atoms with Crippen molar-refractivity contribution in [3.8, 4) is 17.2 Å². The summed E-state index contributed by atoms with van der Waals surface area (Å²) < 4.78 is 15.7. The maximum absolute atomic E-state index is 5.33. The lowest BCUT2D eigenvalue weighted by molar-refractivity contribution is 0.355. The van der Waals surface area contributed by atoms with Crippen LogP contribution in [0.1, 0.15) is 0 Å². The zero-order valence-corrected chi connectivity index (χ0v) is 12.2. The smallest absolute Gasteiger partial charge is 0.162 e. The SMILES string of the molecule is COc1ccc(N(C)c2ccc(OC)c(OC)c2)cc1. The van der Waals surface area contributed by atoms with Crippen LogP contribution in [0.4, 0.5) is 11.4 Å². The van der Waals surface area contributed by atoms with Crippen LogP contribution in [0, 0.1) is 0 Å². The van der Waals surface area contributed by atoms with Crippen LogP contribution in [0.5, 0.6) is 17.2 Å². The molecule has 2 aromatic carbocycles. The van der Waals surface area contributed by atoms with Gasteiger partial charge in [0.25, 0.3) is 0 Å². The first-order valence-corrected chi connectivity index (χ1v) is 6.29. The van der Waals surface area contributed by atoms with E-state index < -0.39 is 0 Å². The monoisotopic (exact) mass is 273 g/mol. The van der Waals surface area contributed by atoms with E-state index in [1.165, 1.54) is 0 Å². The van der Waals surface area contributed by atoms with E-state index in [0.29, 0.717) is 5.75 Å². The summed E-state index contributed by atoms with van der Waals surface area (Å²) in [6.45, 7) is 0. The van der Waals surface area contributed by atoms with Crippen molar-refractivity contribution in [1.29, 1.82) is 0 Å². The molecule has 4 nitrogen and oxygen atoms in total. The molecule has 0 aliphatic rings. The maximum Gasteiger partial charge on any atom is 0.162 e. The van der Waals surface area contributed by atoms with Gasteiger partial charge in [-0.05, 0) is 36.4 Å². The lowest BCUT2D eigenvalue weighted by atomic mass is 10.2. The summed E-state index contributed by atoms with van der Waals surface area (Å²) in [4.78, 5) is 2.07. The third-order valence-electron chi connectivity index (χ3n) is 3.21. The topological polar surface area (TPSA) is 30.9 Å². The number of methoxy groups -OCH3 is 3. The number of ether oxygens (including phenoxy) is 3. The maximum atomic E-state index is 5.33. The van der Waals surface area contributed by atoms with E-state index in [-0.39, 0.29) is 0 Å². The molecule has 0 aliphatic carbocycles. The second-order valence-electron chi connectivity index (χ2n) is 4.30. The lowest BCUT2D eigenvalue weighted by Crippen LogP contribution is -2.09. The average molecular weight is 273 g/mol. The Morgan fingerprint density at radius 2 is 1.30 bits per heavy atom. The second kappa shape index (κ2) is 6.19. The van der Waals surface area contributed by atoms with Crippen molar-refractivity contribution in [3.05, 3.63) is 42.5 Å². The van der Waals surface area contributed by atoms with Crippen LogP contribution < -0.4 is 19.1 Å². The number of nitrogens with zero attached hydrogens (tertiary/aromatic N) is 1. The van der Waals surface area contributed by atoms with Crippen molar-refractivity contribution in [2.24, 2.45) is 0 Å². The zero-order chi connectivity index (χ0) is 14.5. The second-order valence-corrected chi connectivity index (χ2v) is 4.30. The fourth-order valence-corrected chi connectivity index (χ4v) is 1.99. The molecule has 0 N–H and O–H groups in total. The highest BCUT2D eigenvalue weighted by molar-refractivity contribution is 5.66. The minimum atomic E-state index is 0.713. The molecule has 2 rings (SSSR count). The van der Waals surface area contributed by atoms with Crippen molar-refractivity contribution >= 4 is 11.4 Å². The van der Waals surface area contributed by atoms with Gasteiger partial charge in [0.15, 0.2) is 11.5 Å². The summed E-state index contributed by atoms with van der Waals surface area (Å²) >= 11 is 0. The third kappa shape index (κ3) is 2.79. The minimum absolute atomic E-state index is 0.713. The number of rotatable bonds is 5. The van der Waals surface area contributed by atoms with Gasteiger partial charge < -0.3 is 19.1 Å². The van der Waals surface area contributed by atoms with E-state index in [9.17, 15) is 0 Å². The van der Waals surface area contributed by atoms with Crippen LogP contribution in [0.3, 0.4) is 0 Å². The quantitative estimate of drug-likeness (QED) is 0.834. The van der Waals surface area contributed by atoms with Gasteiger partial charge in [0, 0.05) is 24.5 Å². The fourth-order valence-electron chi connectivity index (χ4n) is 1.99. The van der Waals surface area contributed by atoms with Gasteiger partial charge in [0.05, 0.1) is 21.3 Å². The highest BCUT2D eigenvalue weighted by atomic mass is 16.5. The van der Waals surface area contributed by atoms with E-state index in [2.05, 4.69) is 4.90 Å². The molecule has 2 aromatic rings. The number of hydrogen-bond donors (Lipinski definition) is 0. The van der Waals surface area contributed by atoms with Gasteiger partial charge in [-0.1, -0.05) is 0 Å². The third-order valence-corrected chi connectivity index (χ3v) is 3.21. The molecule has 20 heavy (non-hydrogen) atoms. The first-order chi connectivity index (χ1) is 9.69. The van der Waals surface area contributed by atoms with E-state index in [0.717, 1.165) is 22.9 Å². The molecular formula is C16H19NO3. The summed E-state index contributed by atoms with van der Waals surface area (Å²) in [5.41, 5.74) is 2.09. The van der Waals surface area contributed by atoms with Crippen LogP contribution in [-0.2, 0) is 0 Å². The first kappa shape index (κ1) is 14.1. The first-order valence-electron chi connectivity index (χ1n) is 6.29. The van der Waals surface area contributed by atoms with E-state index in [1.54, 1.807) is 21.3 Å². The van der Waals surface area contributed by atoms with E-state index >= 15 is 0 Å². The zero-order valence-electron chi connectivity index (χ0n) is 12.2. The summed E-state index contributed by atoms with van der Waals surface area (Å²) in [5, 5.41) is 0. The Balaban J connectivity index is 2.29. The van der Waals surface area contributed by atoms with Crippen molar-refractivity contribution in [3.63, 3.8) is 0 Å². The molecule has 0 saturated carbocycles. The summed E-state index contributed by atoms with van der Waals surface area (Å²) in [7, 11) is 6.93. The van der Waals surface area contributed by atoms with Crippen LogP contribution in [0.15, 0.2) is 42.5 Å². The van der Waals surface area contributed by atoms with Crippen LogP contribution in [-0.4, -0.2) is 28.4 Å². The van der Waals surface area contributed by atoms with Gasteiger partial charge in [-0.15, -0.1) is 0 Å². The van der Waals surface area contributed by atoms with Gasteiger partial charge >= 0.3 is 0 Å². The molecule has 0 saturated heterocycles. The van der Waals surface area contributed by atoms with Gasteiger partial charge in [-0.25, -0.2) is 0 Å². The molecule has 0 bridgehead atoms. The highest BCUT2D eigenvalue weighted by Crippen LogP contribution is 2.34. The molecule has 0 aromatic heterocycles. The van der Waals surface area contributed by atoms with Crippen LogP contribution in [0.2, 0.25) is 0 Å². The Labute approximate surface area is 119 Å². The van der Waals surface area contributed by atoms with Gasteiger partial charge in [0.2, 0.25) is 0 Å². The van der Waals surface area contributed by atoms with Crippen molar-refractivity contribution in [2.75, 3.05) is 33.3 Å². The molecule has 4 heteroatoms. The molecule has 0 unspecified atom stereocenters. The van der Waals surface area contributed by atoms with Crippen LogP contribution >= 0.6 is 0 Å². The molecule has 106 valence electrons.